The maximum atomic E-state index is 4.55. The molecule has 2 saturated heterocycles. The van der Waals surface area contributed by atoms with E-state index in [9.17, 15) is 0 Å². The van der Waals surface area contributed by atoms with E-state index < -0.39 is 0 Å². The fourth-order valence-corrected chi connectivity index (χ4v) is 2.84. The van der Waals surface area contributed by atoms with Gasteiger partial charge in [0.25, 0.3) is 0 Å². The molecule has 11 heteroatoms. The van der Waals surface area contributed by atoms with Crippen LogP contribution in [0.3, 0.4) is 0 Å². The molecule has 2 fully saturated rings. The zero-order valence-electron chi connectivity index (χ0n) is 15.2. The monoisotopic (exact) mass is 476 g/mol. The van der Waals surface area contributed by atoms with Gasteiger partial charge >= 0.3 is 17.1 Å². The van der Waals surface area contributed by atoms with Crippen LogP contribution < -0.4 is 48.3 Å². The molecule has 153 valence electrons. The van der Waals surface area contributed by atoms with Crippen LogP contribution in [0.4, 0.5) is 0 Å². The number of hydrazone groups is 2. The average Bonchev–Trinajstić information content (AvgIpc) is 3.20. The van der Waals surface area contributed by atoms with Gasteiger partial charge in [-0.25, -0.2) is 26.1 Å². The van der Waals surface area contributed by atoms with Gasteiger partial charge in [-0.15, -0.1) is 0 Å². The first-order chi connectivity index (χ1) is 11.3. The molecule has 0 saturated carbocycles. The third kappa shape index (κ3) is 9.94. The fraction of sp³-hybridized carbons (Fsp3) is 0.562. The van der Waals surface area contributed by atoms with Gasteiger partial charge in [-0.1, -0.05) is 0 Å². The zero-order chi connectivity index (χ0) is 15.9. The molecule has 3 rings (SSSR count). The van der Waals surface area contributed by atoms with Crippen LogP contribution >= 0.6 is 0 Å². The number of aryl methyl sites for hydroxylation is 1. The fourth-order valence-electron chi connectivity index (χ4n) is 2.84. The van der Waals surface area contributed by atoms with Crippen LogP contribution in [0.2, 0.25) is 0 Å². The number of aromatic nitrogens is 1. The van der Waals surface area contributed by atoms with Crippen molar-refractivity contribution in [2.45, 2.75) is 32.6 Å². The molecule has 0 aliphatic carbocycles. The minimum atomic E-state index is 0. The van der Waals surface area contributed by atoms with Gasteiger partial charge < -0.3 is 37.2 Å². The summed E-state index contributed by atoms with van der Waals surface area (Å²) in [6.45, 7) is 6.27. The van der Waals surface area contributed by atoms with Crippen LogP contribution in [0, 0.1) is 6.92 Å². The van der Waals surface area contributed by atoms with Crippen molar-refractivity contribution < 1.29 is 54.3 Å². The molecule has 3 heterocycles. The Bertz CT molecular complexity index is 531. The Morgan fingerprint density at radius 2 is 1.19 bits per heavy atom. The Balaban J connectivity index is 0. The molecule has 1 radical (unpaired) electrons. The van der Waals surface area contributed by atoms with Crippen LogP contribution in [0.25, 0.3) is 0 Å². The molecule has 2 aliphatic rings. The number of rotatable bonds is 6. The maximum Gasteiger partial charge on any atom is 3.00 e. The van der Waals surface area contributed by atoms with Gasteiger partial charge in [-0.05, 0) is 50.3 Å². The standard InChI is InChI=1S/C16H25N7.3ClH.Fe/c1-14-10-15(12-17-20-22-6-2-3-7-22)19-16(11-14)13-18-21-23-8-4-5-9-23;;;;/h10-13,20-21H,2-9H2,1H3;3*1H;/q;;;;+3/p-3. The molecule has 0 amide bonds. The van der Waals surface area contributed by atoms with Gasteiger partial charge in [-0.3, -0.25) is 0 Å². The minimum absolute atomic E-state index is 0. The number of hydrazine groups is 2. The summed E-state index contributed by atoms with van der Waals surface area (Å²) in [6.07, 6.45) is 8.45. The SMILES string of the molecule is Cc1cc(C=NNN2CCCC2)nc(C=NNN2CCCC2)c1.[Cl-].[Cl-].[Cl-].[Fe+3]. The summed E-state index contributed by atoms with van der Waals surface area (Å²) in [5.41, 5.74) is 8.93. The molecule has 1 aromatic heterocycles. The van der Waals surface area contributed by atoms with Crippen LogP contribution in [0.15, 0.2) is 22.3 Å². The molecule has 7 nitrogen and oxygen atoms in total. The Kier molecular flexibility index (Phi) is 16.3. The smallest absolute Gasteiger partial charge is 1.00 e. The number of hydrogen-bond donors (Lipinski definition) is 2. The molecule has 27 heavy (non-hydrogen) atoms. The molecule has 0 atom stereocenters. The maximum absolute atomic E-state index is 4.55. The first kappa shape index (κ1) is 28.6. The van der Waals surface area contributed by atoms with Crippen LogP contribution in [0.1, 0.15) is 42.6 Å². The topological polar surface area (TPSA) is 68.1 Å². The first-order valence-corrected chi connectivity index (χ1v) is 8.36. The summed E-state index contributed by atoms with van der Waals surface area (Å²) in [7, 11) is 0. The Morgan fingerprint density at radius 3 is 1.56 bits per heavy atom. The molecular formula is C16H25Cl3FeN7. The summed E-state index contributed by atoms with van der Waals surface area (Å²) in [5, 5.41) is 12.8. The van der Waals surface area contributed by atoms with Crippen molar-refractivity contribution in [1.29, 1.82) is 0 Å². The van der Waals surface area contributed by atoms with Crippen molar-refractivity contribution in [2.75, 3.05) is 26.2 Å². The third-order valence-corrected chi connectivity index (χ3v) is 4.01. The van der Waals surface area contributed by atoms with E-state index in [-0.39, 0.29) is 54.3 Å². The van der Waals surface area contributed by atoms with Crippen LogP contribution in [-0.2, 0) is 17.1 Å². The van der Waals surface area contributed by atoms with Gasteiger partial charge in [0.05, 0.1) is 23.8 Å². The van der Waals surface area contributed by atoms with E-state index in [2.05, 4.69) is 43.2 Å². The number of pyridine rings is 1. The van der Waals surface area contributed by atoms with Gasteiger partial charge in [0, 0.05) is 26.2 Å². The third-order valence-electron chi connectivity index (χ3n) is 4.01. The minimum Gasteiger partial charge on any atom is -1.00 e. The summed E-state index contributed by atoms with van der Waals surface area (Å²) in [6, 6.07) is 4.03. The quantitative estimate of drug-likeness (QED) is 0.242. The van der Waals surface area contributed by atoms with Gasteiger partial charge in [-0.2, -0.15) is 10.2 Å². The zero-order valence-corrected chi connectivity index (χ0v) is 18.6. The number of nitrogens with zero attached hydrogens (tertiary/aromatic N) is 5. The Morgan fingerprint density at radius 1 is 0.815 bits per heavy atom. The molecule has 1 aromatic rings. The van der Waals surface area contributed by atoms with E-state index in [4.69, 9.17) is 0 Å². The van der Waals surface area contributed by atoms with E-state index in [1.54, 1.807) is 12.4 Å². The Labute approximate surface area is 190 Å². The van der Waals surface area contributed by atoms with E-state index in [1.165, 1.54) is 25.7 Å². The number of hydrogen-bond acceptors (Lipinski definition) is 7. The van der Waals surface area contributed by atoms with Crippen LogP contribution in [-0.4, -0.2) is 53.6 Å². The summed E-state index contributed by atoms with van der Waals surface area (Å²) in [4.78, 5) is 4.55. The molecule has 0 aromatic carbocycles. The van der Waals surface area contributed by atoms with Crippen molar-refractivity contribution >= 4 is 12.4 Å². The van der Waals surface area contributed by atoms with Gasteiger partial charge in [0.15, 0.2) is 0 Å². The van der Waals surface area contributed by atoms with E-state index >= 15 is 0 Å². The van der Waals surface area contributed by atoms with E-state index in [0.29, 0.717) is 0 Å². The molecule has 0 bridgehead atoms. The number of halogens is 3. The van der Waals surface area contributed by atoms with Crippen molar-refractivity contribution in [3.63, 3.8) is 0 Å². The predicted octanol–water partition coefficient (Wildman–Crippen LogP) is -7.73. The molecule has 0 spiro atoms. The molecular weight excluding hydrogens is 452 g/mol. The second-order valence-corrected chi connectivity index (χ2v) is 6.10. The summed E-state index contributed by atoms with van der Waals surface area (Å²) < 4.78 is 0. The van der Waals surface area contributed by atoms with Gasteiger partial charge in [0.1, 0.15) is 0 Å². The van der Waals surface area contributed by atoms with Gasteiger partial charge in [0.2, 0.25) is 0 Å². The van der Waals surface area contributed by atoms with E-state index in [1.807, 2.05) is 12.1 Å². The number of nitrogens with one attached hydrogen (secondary N) is 2. The molecule has 2 aliphatic heterocycles. The van der Waals surface area contributed by atoms with Crippen LogP contribution in [0.5, 0.6) is 0 Å². The van der Waals surface area contributed by atoms with Crippen molar-refractivity contribution in [3.05, 3.63) is 29.1 Å². The first-order valence-electron chi connectivity index (χ1n) is 8.36. The average molecular weight is 478 g/mol. The second-order valence-electron chi connectivity index (χ2n) is 6.10. The second kappa shape index (κ2) is 15.3. The van der Waals surface area contributed by atoms with Crippen molar-refractivity contribution in [1.82, 2.24) is 26.1 Å². The molecule has 0 unspecified atom stereocenters. The molecule has 2 N–H and O–H groups in total. The largest absolute Gasteiger partial charge is 3.00 e. The predicted molar refractivity (Wildman–Crippen MR) is 92.0 cm³/mol. The van der Waals surface area contributed by atoms with E-state index in [0.717, 1.165) is 43.1 Å². The Hall–Kier alpha value is -0.601. The van der Waals surface area contributed by atoms with Crippen molar-refractivity contribution in [2.24, 2.45) is 10.2 Å². The summed E-state index contributed by atoms with van der Waals surface area (Å²) in [5.74, 6) is 0. The van der Waals surface area contributed by atoms with Crippen molar-refractivity contribution in [3.8, 4) is 0 Å². The normalized spacial score (nSPS) is 17.1. The summed E-state index contributed by atoms with van der Waals surface area (Å²) >= 11 is 0.